The van der Waals surface area contributed by atoms with E-state index in [1.54, 1.807) is 6.92 Å². The minimum absolute atomic E-state index is 0.0712. The Balaban J connectivity index is 2.10. The number of furan rings is 1. The zero-order valence-corrected chi connectivity index (χ0v) is 9.69. The third-order valence-corrected chi connectivity index (χ3v) is 3.21. The molecule has 2 heterocycles. The molecule has 1 fully saturated rings. The van der Waals surface area contributed by atoms with Crippen LogP contribution < -0.4 is 0 Å². The van der Waals surface area contributed by atoms with E-state index in [1.807, 2.05) is 6.07 Å². The van der Waals surface area contributed by atoms with Crippen LogP contribution in [-0.2, 0) is 6.54 Å². The molecule has 88 valence electrons. The lowest BCUT2D eigenvalue weighted by atomic mass is 10.2. The van der Waals surface area contributed by atoms with Gasteiger partial charge in [-0.25, -0.2) is 4.79 Å². The standard InChI is InChI=1S/C12H17NO3/c1-8-6-10(16-11(8)12(14)15)7-13-5-3-4-9(13)2/h6,9H,3-5,7H2,1-2H3,(H,14,15). The highest BCUT2D eigenvalue weighted by Crippen LogP contribution is 2.22. The maximum Gasteiger partial charge on any atom is 0.372 e. The minimum atomic E-state index is -0.988. The van der Waals surface area contributed by atoms with Crippen molar-refractivity contribution >= 4 is 5.97 Å². The summed E-state index contributed by atoms with van der Waals surface area (Å²) in [6.45, 7) is 5.75. The van der Waals surface area contributed by atoms with Crippen LogP contribution in [0.5, 0.6) is 0 Å². The Labute approximate surface area is 94.9 Å². The molecule has 1 aliphatic rings. The van der Waals surface area contributed by atoms with E-state index >= 15 is 0 Å². The number of carboxylic acids is 1. The molecule has 1 aromatic rings. The van der Waals surface area contributed by atoms with Crippen molar-refractivity contribution in [1.29, 1.82) is 0 Å². The van der Waals surface area contributed by atoms with Crippen molar-refractivity contribution in [2.45, 2.75) is 39.3 Å². The first-order chi connectivity index (χ1) is 7.58. The van der Waals surface area contributed by atoms with E-state index < -0.39 is 5.97 Å². The fourth-order valence-corrected chi connectivity index (χ4v) is 2.27. The molecule has 0 bridgehead atoms. The lowest BCUT2D eigenvalue weighted by Crippen LogP contribution is -2.25. The highest BCUT2D eigenvalue weighted by Gasteiger charge is 2.22. The van der Waals surface area contributed by atoms with Gasteiger partial charge in [0.25, 0.3) is 0 Å². The maximum atomic E-state index is 10.8. The van der Waals surface area contributed by atoms with Crippen LogP contribution in [-0.4, -0.2) is 28.6 Å². The van der Waals surface area contributed by atoms with E-state index in [4.69, 9.17) is 9.52 Å². The molecule has 1 aliphatic heterocycles. The van der Waals surface area contributed by atoms with Gasteiger partial charge in [-0.2, -0.15) is 0 Å². The lowest BCUT2D eigenvalue weighted by Gasteiger charge is -2.18. The molecular weight excluding hydrogens is 206 g/mol. The van der Waals surface area contributed by atoms with Crippen LogP contribution in [0.25, 0.3) is 0 Å². The summed E-state index contributed by atoms with van der Waals surface area (Å²) in [6, 6.07) is 2.40. The van der Waals surface area contributed by atoms with Gasteiger partial charge in [0, 0.05) is 11.6 Å². The van der Waals surface area contributed by atoms with Gasteiger partial charge in [-0.3, -0.25) is 4.90 Å². The number of nitrogens with zero attached hydrogens (tertiary/aromatic N) is 1. The summed E-state index contributed by atoms with van der Waals surface area (Å²) in [5.41, 5.74) is 0.703. The highest BCUT2D eigenvalue weighted by atomic mass is 16.4. The highest BCUT2D eigenvalue weighted by molar-refractivity contribution is 5.86. The molecule has 0 radical (unpaired) electrons. The van der Waals surface area contributed by atoms with Crippen molar-refractivity contribution in [3.8, 4) is 0 Å². The first kappa shape index (κ1) is 11.2. The van der Waals surface area contributed by atoms with Crippen molar-refractivity contribution in [2.24, 2.45) is 0 Å². The van der Waals surface area contributed by atoms with Gasteiger partial charge in [-0.15, -0.1) is 0 Å². The van der Waals surface area contributed by atoms with Gasteiger partial charge in [-0.05, 0) is 39.3 Å². The zero-order chi connectivity index (χ0) is 11.7. The van der Waals surface area contributed by atoms with Crippen LogP contribution in [0.15, 0.2) is 10.5 Å². The van der Waals surface area contributed by atoms with E-state index in [0.29, 0.717) is 11.6 Å². The fraction of sp³-hybridized carbons (Fsp3) is 0.583. The van der Waals surface area contributed by atoms with Gasteiger partial charge in [0.2, 0.25) is 5.76 Å². The largest absolute Gasteiger partial charge is 0.475 e. The molecule has 0 aliphatic carbocycles. The van der Waals surface area contributed by atoms with Crippen LogP contribution in [0.2, 0.25) is 0 Å². The van der Waals surface area contributed by atoms with Crippen molar-refractivity contribution in [2.75, 3.05) is 6.54 Å². The molecule has 0 aromatic carbocycles. The molecular formula is C12H17NO3. The Morgan fingerprint density at radius 2 is 2.44 bits per heavy atom. The van der Waals surface area contributed by atoms with Crippen LogP contribution >= 0.6 is 0 Å². The number of aryl methyl sites for hydroxylation is 1. The molecule has 4 nitrogen and oxygen atoms in total. The van der Waals surface area contributed by atoms with Gasteiger partial charge in [0.05, 0.1) is 6.54 Å². The van der Waals surface area contributed by atoms with Crippen LogP contribution in [0.1, 0.15) is 41.6 Å². The Morgan fingerprint density at radius 1 is 1.69 bits per heavy atom. The predicted octanol–water partition coefficient (Wildman–Crippen LogP) is 2.27. The number of hydrogen-bond donors (Lipinski definition) is 1. The fourth-order valence-electron chi connectivity index (χ4n) is 2.27. The van der Waals surface area contributed by atoms with Gasteiger partial charge in [-0.1, -0.05) is 0 Å². The topological polar surface area (TPSA) is 53.7 Å². The Bertz CT molecular complexity index is 397. The van der Waals surface area contributed by atoms with E-state index in [0.717, 1.165) is 18.8 Å². The second-order valence-electron chi connectivity index (χ2n) is 4.49. The van der Waals surface area contributed by atoms with Gasteiger partial charge >= 0.3 is 5.97 Å². The van der Waals surface area contributed by atoms with Crippen LogP contribution in [0.4, 0.5) is 0 Å². The molecule has 1 atom stereocenters. The zero-order valence-electron chi connectivity index (χ0n) is 9.69. The summed E-state index contributed by atoms with van der Waals surface area (Å²) >= 11 is 0. The first-order valence-electron chi connectivity index (χ1n) is 5.64. The molecule has 0 spiro atoms. The average molecular weight is 223 g/mol. The lowest BCUT2D eigenvalue weighted by molar-refractivity contribution is 0.0657. The quantitative estimate of drug-likeness (QED) is 0.854. The summed E-state index contributed by atoms with van der Waals surface area (Å²) in [7, 11) is 0. The van der Waals surface area contributed by atoms with Gasteiger partial charge in [0.1, 0.15) is 5.76 Å². The SMILES string of the molecule is Cc1cc(CN2CCCC2C)oc1C(=O)O. The Morgan fingerprint density at radius 3 is 2.94 bits per heavy atom. The predicted molar refractivity (Wildman–Crippen MR) is 59.5 cm³/mol. The number of likely N-dealkylation sites (tertiary alicyclic amines) is 1. The summed E-state index contributed by atoms with van der Waals surface area (Å²) in [6.07, 6.45) is 2.43. The summed E-state index contributed by atoms with van der Waals surface area (Å²) in [4.78, 5) is 13.2. The van der Waals surface area contributed by atoms with E-state index in [2.05, 4.69) is 11.8 Å². The smallest absolute Gasteiger partial charge is 0.372 e. The third-order valence-electron chi connectivity index (χ3n) is 3.21. The van der Waals surface area contributed by atoms with E-state index in [-0.39, 0.29) is 5.76 Å². The summed E-state index contributed by atoms with van der Waals surface area (Å²) < 4.78 is 5.34. The second kappa shape index (κ2) is 4.29. The molecule has 16 heavy (non-hydrogen) atoms. The molecule has 1 N–H and O–H groups in total. The monoisotopic (exact) mass is 223 g/mol. The normalized spacial score (nSPS) is 21.5. The first-order valence-corrected chi connectivity index (χ1v) is 5.64. The van der Waals surface area contributed by atoms with Gasteiger partial charge < -0.3 is 9.52 Å². The number of carbonyl (C=O) groups is 1. The molecule has 4 heteroatoms. The van der Waals surface area contributed by atoms with Crippen molar-refractivity contribution < 1.29 is 14.3 Å². The Kier molecular flexibility index (Phi) is 3.01. The van der Waals surface area contributed by atoms with E-state index in [1.165, 1.54) is 12.8 Å². The van der Waals surface area contributed by atoms with Gasteiger partial charge in [0.15, 0.2) is 0 Å². The maximum absolute atomic E-state index is 10.8. The minimum Gasteiger partial charge on any atom is -0.475 e. The molecule has 1 unspecified atom stereocenters. The molecule has 2 rings (SSSR count). The summed E-state index contributed by atoms with van der Waals surface area (Å²) in [5.74, 6) is -0.163. The van der Waals surface area contributed by atoms with E-state index in [9.17, 15) is 4.79 Å². The number of carboxylic acid groups (broad SMARTS) is 1. The molecule has 0 saturated carbocycles. The van der Waals surface area contributed by atoms with Crippen molar-refractivity contribution in [3.63, 3.8) is 0 Å². The summed E-state index contributed by atoms with van der Waals surface area (Å²) in [5, 5.41) is 8.88. The number of hydrogen-bond acceptors (Lipinski definition) is 3. The molecule has 1 aromatic heterocycles. The number of rotatable bonds is 3. The van der Waals surface area contributed by atoms with Crippen molar-refractivity contribution in [3.05, 3.63) is 23.2 Å². The molecule has 1 saturated heterocycles. The second-order valence-corrected chi connectivity index (χ2v) is 4.49. The van der Waals surface area contributed by atoms with Crippen LogP contribution in [0.3, 0.4) is 0 Å². The van der Waals surface area contributed by atoms with Crippen LogP contribution in [0, 0.1) is 6.92 Å². The average Bonchev–Trinajstić information content (AvgIpc) is 2.75. The number of aromatic carboxylic acids is 1. The third kappa shape index (κ3) is 2.11. The Hall–Kier alpha value is -1.29. The molecule has 0 amide bonds. The van der Waals surface area contributed by atoms with Crippen molar-refractivity contribution in [1.82, 2.24) is 4.90 Å².